The Kier molecular flexibility index (Phi) is 5.04. The highest BCUT2D eigenvalue weighted by molar-refractivity contribution is 7.10. The second-order valence-electron chi connectivity index (χ2n) is 6.07. The van der Waals surface area contributed by atoms with Gasteiger partial charge in [0.15, 0.2) is 0 Å². The summed E-state index contributed by atoms with van der Waals surface area (Å²) < 4.78 is 1.24. The van der Waals surface area contributed by atoms with Crippen LogP contribution in [0.15, 0.2) is 16.2 Å². The second kappa shape index (κ2) is 6.66. The van der Waals surface area contributed by atoms with Crippen LogP contribution in [-0.4, -0.2) is 26.6 Å². The van der Waals surface area contributed by atoms with Gasteiger partial charge >= 0.3 is 0 Å². The minimum atomic E-state index is -0.341. The van der Waals surface area contributed by atoms with E-state index >= 15 is 0 Å². The fourth-order valence-electron chi connectivity index (χ4n) is 2.45. The Morgan fingerprint density at radius 3 is 2.52 bits per heavy atom. The van der Waals surface area contributed by atoms with Crippen LogP contribution in [0.5, 0.6) is 0 Å². The molecule has 0 unspecified atom stereocenters. The molecule has 124 valence electrons. The molecule has 0 N–H and O–H groups in total. The van der Waals surface area contributed by atoms with Gasteiger partial charge in [0, 0.05) is 18.0 Å². The number of carbonyl (C=O) groups is 1. The van der Waals surface area contributed by atoms with Crippen LogP contribution in [-0.2, 0) is 13.6 Å². The summed E-state index contributed by atoms with van der Waals surface area (Å²) in [6, 6.07) is 2.05. The van der Waals surface area contributed by atoms with Crippen LogP contribution >= 0.6 is 11.3 Å². The van der Waals surface area contributed by atoms with Gasteiger partial charge in [-0.2, -0.15) is 5.10 Å². The summed E-state index contributed by atoms with van der Waals surface area (Å²) in [6.07, 6.45) is 0. The molecule has 1 amide bonds. The number of carbonyl (C=O) groups excluding carboxylic acids is 1. The van der Waals surface area contributed by atoms with Gasteiger partial charge in [0.05, 0.1) is 12.2 Å². The average molecular weight is 333 g/mol. The van der Waals surface area contributed by atoms with Gasteiger partial charge in [-0.05, 0) is 57.2 Å². The van der Waals surface area contributed by atoms with Gasteiger partial charge in [-0.1, -0.05) is 0 Å². The quantitative estimate of drug-likeness (QED) is 0.864. The van der Waals surface area contributed by atoms with Gasteiger partial charge in [-0.25, -0.2) is 4.68 Å². The van der Waals surface area contributed by atoms with Crippen LogP contribution in [0.4, 0.5) is 0 Å². The van der Waals surface area contributed by atoms with E-state index < -0.39 is 0 Å². The molecule has 5 nitrogen and oxygen atoms in total. The molecule has 0 saturated heterocycles. The smallest absolute Gasteiger partial charge is 0.279 e. The fraction of sp³-hybridized carbons (Fsp3) is 0.471. The van der Waals surface area contributed by atoms with Gasteiger partial charge < -0.3 is 4.90 Å². The van der Waals surface area contributed by atoms with Crippen molar-refractivity contribution in [2.24, 2.45) is 7.05 Å². The van der Waals surface area contributed by atoms with Gasteiger partial charge in [0.2, 0.25) is 0 Å². The highest BCUT2D eigenvalue weighted by atomic mass is 32.1. The molecular formula is C17H23N3O2S. The van der Waals surface area contributed by atoms with Crippen molar-refractivity contribution in [3.63, 3.8) is 0 Å². The van der Waals surface area contributed by atoms with Crippen LogP contribution in [0.2, 0.25) is 0 Å². The number of hydrogen-bond acceptors (Lipinski definition) is 4. The van der Waals surface area contributed by atoms with Crippen LogP contribution in [0.25, 0.3) is 0 Å². The number of nitrogens with zero attached hydrogens (tertiary/aromatic N) is 3. The molecule has 0 aliphatic heterocycles. The standard InChI is InChI=1S/C17H23N3O2S/c1-10(2)20(9-14-11(3)7-8-23-14)17(22)15-12(4)13(5)18-19(6)16(15)21/h7-8,10H,9H2,1-6H3. The summed E-state index contributed by atoms with van der Waals surface area (Å²) in [4.78, 5) is 28.4. The van der Waals surface area contributed by atoms with Crippen molar-refractivity contribution < 1.29 is 4.79 Å². The van der Waals surface area contributed by atoms with E-state index in [0.717, 1.165) is 4.88 Å². The van der Waals surface area contributed by atoms with Crippen LogP contribution < -0.4 is 5.56 Å². The maximum Gasteiger partial charge on any atom is 0.279 e. The third-order valence-corrected chi connectivity index (χ3v) is 5.11. The van der Waals surface area contributed by atoms with E-state index in [1.165, 1.54) is 10.2 Å². The van der Waals surface area contributed by atoms with Crippen molar-refractivity contribution in [1.82, 2.24) is 14.7 Å². The van der Waals surface area contributed by atoms with Crippen LogP contribution in [0.3, 0.4) is 0 Å². The number of hydrogen-bond donors (Lipinski definition) is 0. The normalized spacial score (nSPS) is 11.1. The van der Waals surface area contributed by atoms with Crippen molar-refractivity contribution in [1.29, 1.82) is 0 Å². The Labute approximate surface area is 140 Å². The van der Waals surface area contributed by atoms with E-state index in [1.54, 1.807) is 30.2 Å². The predicted molar refractivity (Wildman–Crippen MR) is 93.0 cm³/mol. The summed E-state index contributed by atoms with van der Waals surface area (Å²) in [7, 11) is 1.58. The molecule has 2 aromatic rings. The lowest BCUT2D eigenvalue weighted by atomic mass is 10.1. The zero-order chi connectivity index (χ0) is 17.3. The largest absolute Gasteiger partial charge is 0.331 e. The molecular weight excluding hydrogens is 310 g/mol. The molecule has 2 heterocycles. The molecule has 0 saturated carbocycles. The molecule has 6 heteroatoms. The third kappa shape index (κ3) is 3.37. The number of thiophene rings is 1. The first kappa shape index (κ1) is 17.4. The third-order valence-electron chi connectivity index (χ3n) is 4.11. The van der Waals surface area contributed by atoms with Gasteiger partial charge in [0.25, 0.3) is 11.5 Å². The fourth-order valence-corrected chi connectivity index (χ4v) is 3.36. The van der Waals surface area contributed by atoms with Crippen LogP contribution in [0.1, 0.15) is 45.9 Å². The highest BCUT2D eigenvalue weighted by Gasteiger charge is 2.26. The molecule has 0 bridgehead atoms. The number of aromatic nitrogens is 2. The Morgan fingerprint density at radius 1 is 1.35 bits per heavy atom. The molecule has 0 aromatic carbocycles. The van der Waals surface area contributed by atoms with E-state index in [4.69, 9.17) is 0 Å². The average Bonchev–Trinajstić information content (AvgIpc) is 2.87. The lowest BCUT2D eigenvalue weighted by molar-refractivity contribution is 0.0688. The first-order valence-corrected chi connectivity index (χ1v) is 8.50. The minimum Gasteiger partial charge on any atom is -0.331 e. The summed E-state index contributed by atoms with van der Waals surface area (Å²) in [5.41, 5.74) is 2.41. The topological polar surface area (TPSA) is 55.2 Å². The van der Waals surface area contributed by atoms with E-state index in [-0.39, 0.29) is 23.1 Å². The molecule has 0 radical (unpaired) electrons. The SMILES string of the molecule is Cc1ccsc1CN(C(=O)c1c(C)c(C)nn(C)c1=O)C(C)C. The van der Waals surface area contributed by atoms with Crippen molar-refractivity contribution >= 4 is 17.2 Å². The summed E-state index contributed by atoms with van der Waals surface area (Å²) >= 11 is 1.63. The maximum atomic E-state index is 13.1. The molecule has 0 fully saturated rings. The Bertz CT molecular complexity index is 790. The molecule has 0 aliphatic rings. The first-order valence-electron chi connectivity index (χ1n) is 7.62. The zero-order valence-electron chi connectivity index (χ0n) is 14.5. The number of amides is 1. The van der Waals surface area contributed by atoms with Gasteiger partial charge in [0.1, 0.15) is 5.56 Å². The molecule has 23 heavy (non-hydrogen) atoms. The lowest BCUT2D eigenvalue weighted by Crippen LogP contribution is -2.41. The second-order valence-corrected chi connectivity index (χ2v) is 7.07. The maximum absolute atomic E-state index is 13.1. The Balaban J connectivity index is 2.48. The number of rotatable bonds is 4. The monoisotopic (exact) mass is 333 g/mol. The minimum absolute atomic E-state index is 0.00146. The van der Waals surface area contributed by atoms with E-state index in [1.807, 2.05) is 39.1 Å². The van der Waals surface area contributed by atoms with Crippen LogP contribution in [0, 0.1) is 20.8 Å². The van der Waals surface area contributed by atoms with Crippen molar-refractivity contribution in [2.45, 2.75) is 47.2 Å². The molecule has 0 aliphatic carbocycles. The molecule has 2 rings (SSSR count). The first-order chi connectivity index (χ1) is 10.7. The van der Waals surface area contributed by atoms with Crippen molar-refractivity contribution in [2.75, 3.05) is 0 Å². The Morgan fingerprint density at radius 2 is 2.00 bits per heavy atom. The summed E-state index contributed by atoms with van der Waals surface area (Å²) in [5, 5.41) is 6.17. The highest BCUT2D eigenvalue weighted by Crippen LogP contribution is 2.21. The van der Waals surface area contributed by atoms with Gasteiger partial charge in [-0.3, -0.25) is 9.59 Å². The lowest BCUT2D eigenvalue weighted by Gasteiger charge is -2.27. The van der Waals surface area contributed by atoms with Crippen molar-refractivity contribution in [3.8, 4) is 0 Å². The van der Waals surface area contributed by atoms with E-state index in [0.29, 0.717) is 17.8 Å². The van der Waals surface area contributed by atoms with E-state index in [2.05, 4.69) is 5.10 Å². The van der Waals surface area contributed by atoms with Crippen molar-refractivity contribution in [3.05, 3.63) is 49.1 Å². The number of aryl methyl sites for hydroxylation is 3. The van der Waals surface area contributed by atoms with E-state index in [9.17, 15) is 9.59 Å². The van der Waals surface area contributed by atoms with Gasteiger partial charge in [-0.15, -0.1) is 11.3 Å². The summed E-state index contributed by atoms with van der Waals surface area (Å²) in [6.45, 7) is 10.1. The zero-order valence-corrected chi connectivity index (χ0v) is 15.3. The Hall–Kier alpha value is -1.95. The predicted octanol–water partition coefficient (Wildman–Crippen LogP) is 2.82. The molecule has 0 spiro atoms. The summed E-state index contributed by atoms with van der Waals surface area (Å²) in [5.74, 6) is -0.226. The molecule has 0 atom stereocenters. The molecule has 2 aromatic heterocycles.